The second-order valence-electron chi connectivity index (χ2n) is 7.02. The summed E-state index contributed by atoms with van der Waals surface area (Å²) >= 11 is 0. The second-order valence-corrected chi connectivity index (χ2v) is 7.02. The summed E-state index contributed by atoms with van der Waals surface area (Å²) in [6.07, 6.45) is 4.36. The van der Waals surface area contributed by atoms with Crippen molar-refractivity contribution in [1.82, 2.24) is 4.90 Å². The fourth-order valence-electron chi connectivity index (χ4n) is 3.91. The second kappa shape index (κ2) is 7.30. The molecule has 1 aromatic carbocycles. The molecule has 1 saturated carbocycles. The van der Waals surface area contributed by atoms with Crippen LogP contribution < -0.4 is 10.1 Å². The van der Waals surface area contributed by atoms with E-state index in [2.05, 4.69) is 5.32 Å². The molecule has 1 heterocycles. The fourth-order valence-corrected chi connectivity index (χ4v) is 3.91. The van der Waals surface area contributed by atoms with E-state index in [4.69, 9.17) is 4.74 Å². The van der Waals surface area contributed by atoms with Crippen LogP contribution in [0.4, 0.5) is 5.69 Å². The maximum absolute atomic E-state index is 12.9. The zero-order chi connectivity index (χ0) is 18.0. The number of ether oxygens (including phenoxy) is 1. The maximum Gasteiger partial charge on any atom is 0.251 e. The summed E-state index contributed by atoms with van der Waals surface area (Å²) in [5.74, 6) is 0.643. The third kappa shape index (κ3) is 3.55. The van der Waals surface area contributed by atoms with Gasteiger partial charge in [0.25, 0.3) is 5.91 Å². The van der Waals surface area contributed by atoms with E-state index in [0.717, 1.165) is 31.4 Å². The van der Waals surface area contributed by atoms with E-state index in [0.29, 0.717) is 11.3 Å². The molecule has 0 aromatic heterocycles. The minimum absolute atomic E-state index is 0.0433. The van der Waals surface area contributed by atoms with E-state index >= 15 is 0 Å². The van der Waals surface area contributed by atoms with Crippen LogP contribution in [0.5, 0.6) is 5.75 Å². The number of benzene rings is 1. The van der Waals surface area contributed by atoms with Gasteiger partial charge in [-0.05, 0) is 62.9 Å². The molecule has 1 N–H and O–H groups in total. The molecule has 0 bridgehead atoms. The highest BCUT2D eigenvalue weighted by atomic mass is 16.5. The number of methoxy groups -OCH3 is 1. The quantitative estimate of drug-likeness (QED) is 0.891. The number of hydrogen-bond donors (Lipinski definition) is 1. The number of fused-ring (bicyclic) bond motifs is 1. The Labute approximate surface area is 149 Å². The molecule has 0 spiro atoms. The average molecular weight is 342 g/mol. The first kappa shape index (κ1) is 17.5. The Morgan fingerprint density at radius 3 is 2.64 bits per heavy atom. The number of nitrogens with one attached hydrogen (secondary N) is 1. The first-order valence-corrected chi connectivity index (χ1v) is 8.99. The summed E-state index contributed by atoms with van der Waals surface area (Å²) in [6.45, 7) is 4.09. The van der Waals surface area contributed by atoms with E-state index in [1.807, 2.05) is 18.7 Å². The van der Waals surface area contributed by atoms with E-state index < -0.39 is 0 Å². The van der Waals surface area contributed by atoms with Crippen molar-refractivity contribution in [2.24, 2.45) is 0 Å². The standard InChI is InChI=1S/C20H26N2O3/c1-13(2)22-18-7-5-4-6-16(18)17(20(22)24)12-19(23)21-14-8-10-15(25-3)11-9-14/h8-11,13,18H,4-7,12H2,1-3H3,(H,21,23). The number of rotatable bonds is 5. The van der Waals surface area contributed by atoms with Gasteiger partial charge < -0.3 is 15.0 Å². The van der Waals surface area contributed by atoms with Crippen molar-refractivity contribution in [3.63, 3.8) is 0 Å². The summed E-state index contributed by atoms with van der Waals surface area (Å²) in [6, 6.07) is 7.56. The molecule has 5 heteroatoms. The molecule has 2 amide bonds. The van der Waals surface area contributed by atoms with Gasteiger partial charge in [-0.3, -0.25) is 9.59 Å². The summed E-state index contributed by atoms with van der Waals surface area (Å²) < 4.78 is 5.12. The lowest BCUT2D eigenvalue weighted by atomic mass is 9.88. The van der Waals surface area contributed by atoms with Gasteiger partial charge in [-0.25, -0.2) is 0 Å². The van der Waals surface area contributed by atoms with Crippen LogP contribution in [0.15, 0.2) is 35.4 Å². The van der Waals surface area contributed by atoms with Gasteiger partial charge in [-0.1, -0.05) is 6.42 Å². The van der Waals surface area contributed by atoms with Crippen molar-refractivity contribution in [3.05, 3.63) is 35.4 Å². The van der Waals surface area contributed by atoms with Crippen LogP contribution in [0.3, 0.4) is 0 Å². The number of hydrogen-bond acceptors (Lipinski definition) is 3. The zero-order valence-corrected chi connectivity index (χ0v) is 15.2. The monoisotopic (exact) mass is 342 g/mol. The lowest BCUT2D eigenvalue weighted by Gasteiger charge is -2.33. The molecule has 0 radical (unpaired) electrons. The predicted octanol–water partition coefficient (Wildman–Crippen LogP) is 3.51. The van der Waals surface area contributed by atoms with E-state index in [1.54, 1.807) is 31.4 Å². The van der Waals surface area contributed by atoms with Crippen LogP contribution >= 0.6 is 0 Å². The Morgan fingerprint density at radius 2 is 2.00 bits per heavy atom. The van der Waals surface area contributed by atoms with Gasteiger partial charge in [0.15, 0.2) is 0 Å². The molecular weight excluding hydrogens is 316 g/mol. The number of carbonyl (C=O) groups is 2. The largest absolute Gasteiger partial charge is 0.497 e. The van der Waals surface area contributed by atoms with Crippen molar-refractivity contribution in [3.8, 4) is 5.75 Å². The molecule has 25 heavy (non-hydrogen) atoms. The molecule has 1 unspecified atom stereocenters. The highest BCUT2D eigenvalue weighted by Crippen LogP contribution is 2.39. The Bertz CT molecular complexity index is 691. The third-order valence-electron chi connectivity index (χ3n) is 5.06. The molecule has 2 aliphatic rings. The minimum Gasteiger partial charge on any atom is -0.497 e. The Morgan fingerprint density at radius 1 is 1.28 bits per heavy atom. The summed E-state index contributed by atoms with van der Waals surface area (Å²) in [4.78, 5) is 27.3. The van der Waals surface area contributed by atoms with E-state index in [1.165, 1.54) is 5.57 Å². The smallest absolute Gasteiger partial charge is 0.251 e. The summed E-state index contributed by atoms with van der Waals surface area (Å²) in [7, 11) is 1.61. The highest BCUT2D eigenvalue weighted by molar-refractivity contribution is 6.05. The van der Waals surface area contributed by atoms with Gasteiger partial charge in [0.05, 0.1) is 19.6 Å². The van der Waals surface area contributed by atoms with Crippen LogP contribution in [-0.4, -0.2) is 35.9 Å². The Balaban J connectivity index is 1.73. The van der Waals surface area contributed by atoms with E-state index in [-0.39, 0.29) is 30.3 Å². The summed E-state index contributed by atoms with van der Waals surface area (Å²) in [5, 5.41) is 2.88. The predicted molar refractivity (Wildman–Crippen MR) is 97.5 cm³/mol. The van der Waals surface area contributed by atoms with Crippen LogP contribution in [-0.2, 0) is 9.59 Å². The highest BCUT2D eigenvalue weighted by Gasteiger charge is 2.41. The van der Waals surface area contributed by atoms with Crippen molar-refractivity contribution in [1.29, 1.82) is 0 Å². The number of nitrogens with zero attached hydrogens (tertiary/aromatic N) is 1. The molecule has 3 rings (SSSR count). The van der Waals surface area contributed by atoms with Gasteiger partial charge in [0.2, 0.25) is 5.91 Å². The van der Waals surface area contributed by atoms with Crippen LogP contribution in [0, 0.1) is 0 Å². The molecular formula is C20H26N2O3. The molecule has 1 aliphatic heterocycles. The number of anilines is 1. The number of carbonyl (C=O) groups excluding carboxylic acids is 2. The average Bonchev–Trinajstić information content (AvgIpc) is 2.88. The van der Waals surface area contributed by atoms with Gasteiger partial charge in [-0.2, -0.15) is 0 Å². The molecule has 1 aromatic rings. The molecule has 1 fully saturated rings. The molecule has 5 nitrogen and oxygen atoms in total. The maximum atomic E-state index is 12.9. The lowest BCUT2D eigenvalue weighted by Crippen LogP contribution is -2.41. The van der Waals surface area contributed by atoms with Crippen LogP contribution in [0.1, 0.15) is 46.0 Å². The van der Waals surface area contributed by atoms with Crippen molar-refractivity contribution < 1.29 is 14.3 Å². The van der Waals surface area contributed by atoms with Crippen molar-refractivity contribution in [2.75, 3.05) is 12.4 Å². The Hall–Kier alpha value is -2.30. The van der Waals surface area contributed by atoms with Crippen molar-refractivity contribution in [2.45, 2.75) is 58.0 Å². The van der Waals surface area contributed by atoms with Crippen molar-refractivity contribution >= 4 is 17.5 Å². The molecule has 1 aliphatic carbocycles. The first-order valence-electron chi connectivity index (χ1n) is 8.99. The van der Waals surface area contributed by atoms with Crippen LogP contribution in [0.25, 0.3) is 0 Å². The first-order chi connectivity index (χ1) is 12.0. The number of amides is 2. The minimum atomic E-state index is -0.143. The SMILES string of the molecule is COc1ccc(NC(=O)CC2=C3CCCCC3N(C(C)C)C2=O)cc1. The van der Waals surface area contributed by atoms with Gasteiger partial charge in [-0.15, -0.1) is 0 Å². The topological polar surface area (TPSA) is 58.6 Å². The normalized spacial score (nSPS) is 20.1. The lowest BCUT2D eigenvalue weighted by molar-refractivity contribution is -0.130. The van der Waals surface area contributed by atoms with E-state index in [9.17, 15) is 9.59 Å². The Kier molecular flexibility index (Phi) is 5.11. The molecule has 1 atom stereocenters. The van der Waals surface area contributed by atoms with Gasteiger partial charge in [0.1, 0.15) is 5.75 Å². The summed E-state index contributed by atoms with van der Waals surface area (Å²) in [5.41, 5.74) is 2.61. The zero-order valence-electron chi connectivity index (χ0n) is 15.2. The molecule has 134 valence electrons. The fraction of sp³-hybridized carbons (Fsp3) is 0.500. The molecule has 0 saturated heterocycles. The third-order valence-corrected chi connectivity index (χ3v) is 5.06. The van der Waals surface area contributed by atoms with Crippen LogP contribution in [0.2, 0.25) is 0 Å². The van der Waals surface area contributed by atoms with Gasteiger partial charge in [0, 0.05) is 17.3 Å². The van der Waals surface area contributed by atoms with Gasteiger partial charge >= 0.3 is 0 Å².